The molecule has 0 spiro atoms. The summed E-state index contributed by atoms with van der Waals surface area (Å²) >= 11 is 0. The topological polar surface area (TPSA) is 81.5 Å². The van der Waals surface area contributed by atoms with Gasteiger partial charge in [-0.1, -0.05) is 12.7 Å². The van der Waals surface area contributed by atoms with E-state index in [1.807, 2.05) is 0 Å². The summed E-state index contributed by atoms with van der Waals surface area (Å²) in [6.07, 6.45) is 1.59. The van der Waals surface area contributed by atoms with Crippen molar-refractivity contribution in [1.29, 1.82) is 0 Å². The molecule has 0 atom stereocenters. The third-order valence-electron chi connectivity index (χ3n) is 2.89. The lowest BCUT2D eigenvalue weighted by molar-refractivity contribution is -0.384. The van der Waals surface area contributed by atoms with Gasteiger partial charge in [0.15, 0.2) is 0 Å². The first-order valence-corrected chi connectivity index (χ1v) is 6.60. The van der Waals surface area contributed by atoms with E-state index in [1.54, 1.807) is 18.2 Å². The second kappa shape index (κ2) is 7.17. The lowest BCUT2D eigenvalue weighted by Crippen LogP contribution is -2.13. The van der Waals surface area contributed by atoms with Crippen LogP contribution in [0, 0.1) is 15.9 Å². The molecule has 0 aliphatic heterocycles. The summed E-state index contributed by atoms with van der Waals surface area (Å²) in [5, 5.41) is 13.0. The van der Waals surface area contributed by atoms with Crippen LogP contribution in [0.2, 0.25) is 0 Å². The Morgan fingerprint density at radius 1 is 1.30 bits per heavy atom. The first-order valence-electron chi connectivity index (χ1n) is 6.60. The van der Waals surface area contributed by atoms with Crippen molar-refractivity contribution in [3.05, 3.63) is 76.6 Å². The van der Waals surface area contributed by atoms with Crippen molar-refractivity contribution in [3.63, 3.8) is 0 Å². The van der Waals surface area contributed by atoms with Gasteiger partial charge in [0.05, 0.1) is 10.6 Å². The van der Waals surface area contributed by atoms with E-state index in [4.69, 9.17) is 4.74 Å². The molecule has 0 unspecified atom stereocenters. The Labute approximate surface area is 131 Å². The first kappa shape index (κ1) is 16.2. The van der Waals surface area contributed by atoms with Gasteiger partial charge in [0.25, 0.3) is 11.6 Å². The minimum Gasteiger partial charge on any atom is -0.490 e. The fraction of sp³-hybridized carbons (Fsp3) is 0.0625. The van der Waals surface area contributed by atoms with Gasteiger partial charge in [-0.3, -0.25) is 14.9 Å². The van der Waals surface area contributed by atoms with Crippen LogP contribution < -0.4 is 10.1 Å². The van der Waals surface area contributed by atoms with Gasteiger partial charge in [-0.2, -0.15) is 0 Å². The number of amides is 1. The number of hydrogen-bond acceptors (Lipinski definition) is 4. The highest BCUT2D eigenvalue weighted by Gasteiger charge is 2.14. The maximum Gasteiger partial charge on any atom is 0.271 e. The number of nitrogens with zero attached hydrogens (tertiary/aromatic N) is 1. The zero-order chi connectivity index (χ0) is 16.8. The Morgan fingerprint density at radius 3 is 2.61 bits per heavy atom. The van der Waals surface area contributed by atoms with E-state index in [1.165, 1.54) is 12.1 Å². The van der Waals surface area contributed by atoms with Gasteiger partial charge < -0.3 is 10.1 Å². The van der Waals surface area contributed by atoms with Crippen LogP contribution in [-0.2, 0) is 0 Å². The molecule has 1 N–H and O–H groups in total. The number of benzene rings is 2. The predicted molar refractivity (Wildman–Crippen MR) is 83.1 cm³/mol. The van der Waals surface area contributed by atoms with E-state index in [2.05, 4.69) is 11.9 Å². The fourth-order valence-electron chi connectivity index (χ4n) is 1.77. The van der Waals surface area contributed by atoms with Gasteiger partial charge in [0.1, 0.15) is 18.2 Å². The highest BCUT2D eigenvalue weighted by molar-refractivity contribution is 6.04. The summed E-state index contributed by atoms with van der Waals surface area (Å²) in [5.74, 6) is -0.780. The predicted octanol–water partition coefficient (Wildman–Crippen LogP) is 3.55. The van der Waals surface area contributed by atoms with Gasteiger partial charge in [0, 0.05) is 17.7 Å². The standard InChI is InChI=1S/C16H13FN2O4/c1-2-9-23-13-6-3-11(4-7-13)16(20)18-15-10-12(19(21)22)5-8-14(15)17/h2-8,10H,1,9H2,(H,18,20). The van der Waals surface area contributed by atoms with Gasteiger partial charge in [-0.15, -0.1) is 0 Å². The molecule has 0 fully saturated rings. The molecule has 0 aromatic heterocycles. The van der Waals surface area contributed by atoms with Gasteiger partial charge in [-0.05, 0) is 30.3 Å². The molecule has 7 heteroatoms. The number of carbonyl (C=O) groups excluding carboxylic acids is 1. The number of rotatable bonds is 6. The number of nitrogens with one attached hydrogen (secondary N) is 1. The molecule has 0 saturated heterocycles. The number of hydrogen-bond donors (Lipinski definition) is 1. The van der Waals surface area contributed by atoms with Crippen molar-refractivity contribution in [2.24, 2.45) is 0 Å². The largest absolute Gasteiger partial charge is 0.490 e. The molecular formula is C16H13FN2O4. The van der Waals surface area contributed by atoms with Gasteiger partial charge >= 0.3 is 0 Å². The highest BCUT2D eigenvalue weighted by Crippen LogP contribution is 2.22. The summed E-state index contributed by atoms with van der Waals surface area (Å²) in [6, 6.07) is 9.10. The smallest absolute Gasteiger partial charge is 0.271 e. The molecule has 1 amide bonds. The van der Waals surface area contributed by atoms with E-state index < -0.39 is 16.6 Å². The molecule has 2 rings (SSSR count). The zero-order valence-electron chi connectivity index (χ0n) is 12.0. The Bertz CT molecular complexity index is 744. The van der Waals surface area contributed by atoms with Crippen molar-refractivity contribution in [2.75, 3.05) is 11.9 Å². The molecule has 2 aromatic rings. The Morgan fingerprint density at radius 2 is 2.00 bits per heavy atom. The monoisotopic (exact) mass is 316 g/mol. The molecule has 0 heterocycles. The number of halogens is 1. The third kappa shape index (κ3) is 4.13. The summed E-state index contributed by atoms with van der Waals surface area (Å²) in [5.41, 5.74) is -0.298. The lowest BCUT2D eigenvalue weighted by atomic mass is 10.2. The molecule has 0 aliphatic carbocycles. The van der Waals surface area contributed by atoms with Crippen LogP contribution >= 0.6 is 0 Å². The van der Waals surface area contributed by atoms with E-state index >= 15 is 0 Å². The van der Waals surface area contributed by atoms with Gasteiger partial charge in [0.2, 0.25) is 0 Å². The zero-order valence-corrected chi connectivity index (χ0v) is 12.0. The molecule has 0 aliphatic rings. The van der Waals surface area contributed by atoms with Crippen LogP contribution in [0.15, 0.2) is 55.1 Å². The Kier molecular flexibility index (Phi) is 5.03. The molecule has 118 valence electrons. The summed E-state index contributed by atoms with van der Waals surface area (Å²) in [7, 11) is 0. The van der Waals surface area contributed by atoms with Crippen LogP contribution in [-0.4, -0.2) is 17.4 Å². The minimum absolute atomic E-state index is 0.254. The SMILES string of the molecule is C=CCOc1ccc(C(=O)Nc2cc([N+](=O)[O-])ccc2F)cc1. The van der Waals surface area contributed by atoms with Crippen LogP contribution in [0.1, 0.15) is 10.4 Å². The molecular weight excluding hydrogens is 303 g/mol. The van der Waals surface area contributed by atoms with E-state index in [0.29, 0.717) is 12.4 Å². The summed E-state index contributed by atoms with van der Waals surface area (Å²) < 4.78 is 18.9. The number of nitro benzene ring substituents is 1. The van der Waals surface area contributed by atoms with Gasteiger partial charge in [-0.25, -0.2) is 4.39 Å². The van der Waals surface area contributed by atoms with E-state index in [0.717, 1.165) is 18.2 Å². The number of ether oxygens (including phenoxy) is 1. The van der Waals surface area contributed by atoms with Crippen molar-refractivity contribution in [1.82, 2.24) is 0 Å². The highest BCUT2D eigenvalue weighted by atomic mass is 19.1. The average molecular weight is 316 g/mol. The quantitative estimate of drug-likeness (QED) is 0.502. The second-order valence-electron chi connectivity index (χ2n) is 4.50. The maximum atomic E-state index is 13.6. The van der Waals surface area contributed by atoms with Crippen molar-refractivity contribution < 1.29 is 18.8 Å². The van der Waals surface area contributed by atoms with Crippen LogP contribution in [0.3, 0.4) is 0 Å². The van der Waals surface area contributed by atoms with Crippen LogP contribution in [0.5, 0.6) is 5.75 Å². The number of carbonyl (C=O) groups is 1. The molecule has 0 bridgehead atoms. The average Bonchev–Trinajstić information content (AvgIpc) is 2.55. The number of nitro groups is 1. The van der Waals surface area contributed by atoms with Crippen molar-refractivity contribution in [2.45, 2.75) is 0 Å². The van der Waals surface area contributed by atoms with Crippen LogP contribution in [0.4, 0.5) is 15.8 Å². The maximum absolute atomic E-state index is 13.6. The Hall–Kier alpha value is -3.22. The van der Waals surface area contributed by atoms with Crippen molar-refractivity contribution in [3.8, 4) is 5.75 Å². The molecule has 0 radical (unpaired) electrons. The number of anilines is 1. The third-order valence-corrected chi connectivity index (χ3v) is 2.89. The molecule has 2 aromatic carbocycles. The summed E-state index contributed by atoms with van der Waals surface area (Å²) in [4.78, 5) is 22.1. The lowest BCUT2D eigenvalue weighted by Gasteiger charge is -2.07. The molecule has 6 nitrogen and oxygen atoms in total. The number of non-ortho nitro benzene ring substituents is 1. The normalized spacial score (nSPS) is 9.96. The Balaban J connectivity index is 2.14. The van der Waals surface area contributed by atoms with Crippen molar-refractivity contribution >= 4 is 17.3 Å². The minimum atomic E-state index is -0.755. The van der Waals surface area contributed by atoms with E-state index in [-0.39, 0.29) is 16.9 Å². The van der Waals surface area contributed by atoms with Crippen LogP contribution in [0.25, 0.3) is 0 Å². The molecule has 23 heavy (non-hydrogen) atoms. The first-order chi connectivity index (χ1) is 11.0. The fourth-order valence-corrected chi connectivity index (χ4v) is 1.77. The van der Waals surface area contributed by atoms with E-state index in [9.17, 15) is 19.3 Å². The second-order valence-corrected chi connectivity index (χ2v) is 4.50. The molecule has 0 saturated carbocycles. The summed E-state index contributed by atoms with van der Waals surface area (Å²) in [6.45, 7) is 3.86.